The van der Waals surface area contributed by atoms with E-state index in [9.17, 15) is 21.6 Å². The molecule has 2 aliphatic rings. The standard InChI is InChI=1S/C19H18F3NO4S/c20-19(21,22)13-3-1-2-12(8-13)11-28(24,25)27-14-4-5-17-16(9-14)15-6-7-23-10-18(15)26-17/h1-5,8-9,15,18,23H,6-7,10-11H2. The lowest BCUT2D eigenvalue weighted by Gasteiger charge is -2.24. The van der Waals surface area contributed by atoms with Gasteiger partial charge >= 0.3 is 16.3 Å². The number of halogens is 3. The number of hydrogen-bond acceptors (Lipinski definition) is 5. The van der Waals surface area contributed by atoms with E-state index < -0.39 is 27.6 Å². The van der Waals surface area contributed by atoms with Gasteiger partial charge in [-0.3, -0.25) is 0 Å². The van der Waals surface area contributed by atoms with Crippen LogP contribution in [0.5, 0.6) is 11.5 Å². The number of benzene rings is 2. The van der Waals surface area contributed by atoms with Crippen LogP contribution >= 0.6 is 0 Å². The summed E-state index contributed by atoms with van der Waals surface area (Å²) in [5.41, 5.74) is 0.0165. The van der Waals surface area contributed by atoms with E-state index in [0.29, 0.717) is 5.75 Å². The van der Waals surface area contributed by atoms with Crippen LogP contribution in [0.3, 0.4) is 0 Å². The number of hydrogen-bond donors (Lipinski definition) is 1. The van der Waals surface area contributed by atoms with Crippen molar-refractivity contribution in [1.29, 1.82) is 0 Å². The van der Waals surface area contributed by atoms with Gasteiger partial charge in [0.2, 0.25) is 0 Å². The molecule has 2 unspecified atom stereocenters. The zero-order valence-corrected chi connectivity index (χ0v) is 15.5. The topological polar surface area (TPSA) is 64.6 Å². The second kappa shape index (κ2) is 6.97. The predicted octanol–water partition coefficient (Wildman–Crippen LogP) is 3.45. The maximum Gasteiger partial charge on any atom is 0.416 e. The molecule has 0 amide bonds. The van der Waals surface area contributed by atoms with Gasteiger partial charge in [-0.15, -0.1) is 0 Å². The highest BCUT2D eigenvalue weighted by Gasteiger charge is 2.36. The zero-order chi connectivity index (χ0) is 19.9. The third-order valence-corrected chi connectivity index (χ3v) is 6.04. The molecule has 1 saturated heterocycles. The highest BCUT2D eigenvalue weighted by Crippen LogP contribution is 2.43. The molecule has 2 aromatic carbocycles. The van der Waals surface area contributed by atoms with Gasteiger partial charge in [-0.2, -0.15) is 21.6 Å². The molecule has 0 bridgehead atoms. The van der Waals surface area contributed by atoms with E-state index in [1.807, 2.05) is 0 Å². The van der Waals surface area contributed by atoms with Gasteiger partial charge in [0.05, 0.1) is 5.56 Å². The Morgan fingerprint density at radius 2 is 2.00 bits per heavy atom. The fourth-order valence-electron chi connectivity index (χ4n) is 3.67. The number of ether oxygens (including phenoxy) is 1. The van der Waals surface area contributed by atoms with Crippen LogP contribution in [-0.2, 0) is 22.0 Å². The Hall–Kier alpha value is -2.26. The van der Waals surface area contributed by atoms with Gasteiger partial charge in [-0.05, 0) is 42.8 Å². The quantitative estimate of drug-likeness (QED) is 0.778. The first-order chi connectivity index (χ1) is 13.2. The van der Waals surface area contributed by atoms with E-state index >= 15 is 0 Å². The molecule has 2 aliphatic heterocycles. The maximum atomic E-state index is 12.8. The highest BCUT2D eigenvalue weighted by atomic mass is 32.2. The van der Waals surface area contributed by atoms with Gasteiger partial charge in [0.15, 0.2) is 0 Å². The molecule has 28 heavy (non-hydrogen) atoms. The van der Waals surface area contributed by atoms with Crippen molar-refractivity contribution in [2.75, 3.05) is 13.1 Å². The van der Waals surface area contributed by atoms with Crippen molar-refractivity contribution in [1.82, 2.24) is 5.32 Å². The smallest absolute Gasteiger partial charge is 0.416 e. The summed E-state index contributed by atoms with van der Waals surface area (Å²) in [7, 11) is -4.12. The van der Waals surface area contributed by atoms with Crippen molar-refractivity contribution < 1.29 is 30.5 Å². The summed E-state index contributed by atoms with van der Waals surface area (Å²) in [6.45, 7) is 1.58. The summed E-state index contributed by atoms with van der Waals surface area (Å²) >= 11 is 0. The van der Waals surface area contributed by atoms with Crippen LogP contribution in [-0.4, -0.2) is 27.6 Å². The molecule has 5 nitrogen and oxygen atoms in total. The predicted molar refractivity (Wildman–Crippen MR) is 95.8 cm³/mol. The number of alkyl halides is 3. The van der Waals surface area contributed by atoms with E-state index in [1.54, 1.807) is 12.1 Å². The summed E-state index contributed by atoms with van der Waals surface area (Å²) in [4.78, 5) is 0. The largest absolute Gasteiger partial charge is 0.488 e. The van der Waals surface area contributed by atoms with Crippen LogP contribution in [0, 0.1) is 0 Å². The molecule has 2 atom stereocenters. The van der Waals surface area contributed by atoms with Gasteiger partial charge in [-0.1, -0.05) is 18.2 Å². The Morgan fingerprint density at radius 1 is 1.18 bits per heavy atom. The molecular weight excluding hydrogens is 395 g/mol. The summed E-state index contributed by atoms with van der Waals surface area (Å²) in [5, 5.41) is 3.25. The molecule has 4 rings (SSSR count). The zero-order valence-electron chi connectivity index (χ0n) is 14.7. The minimum Gasteiger partial charge on any atom is -0.488 e. The molecule has 0 saturated carbocycles. The third kappa shape index (κ3) is 3.95. The third-order valence-electron chi connectivity index (χ3n) is 4.91. The van der Waals surface area contributed by atoms with Crippen LogP contribution in [0.2, 0.25) is 0 Å². The molecule has 2 heterocycles. The molecule has 0 radical (unpaired) electrons. The molecule has 0 spiro atoms. The molecular formula is C19H18F3NO4S. The molecule has 2 aromatic rings. The van der Waals surface area contributed by atoms with Crippen molar-refractivity contribution in [3.05, 3.63) is 59.2 Å². The highest BCUT2D eigenvalue weighted by molar-refractivity contribution is 7.86. The van der Waals surface area contributed by atoms with Gasteiger partial charge in [0, 0.05) is 18.0 Å². The minimum atomic E-state index is -4.54. The molecule has 0 aliphatic carbocycles. The van der Waals surface area contributed by atoms with Gasteiger partial charge in [0.25, 0.3) is 0 Å². The van der Waals surface area contributed by atoms with Crippen molar-refractivity contribution in [3.63, 3.8) is 0 Å². The molecule has 150 valence electrons. The lowest BCUT2D eigenvalue weighted by Crippen LogP contribution is -2.39. The number of nitrogens with one attached hydrogen (secondary N) is 1. The van der Waals surface area contributed by atoms with Crippen molar-refractivity contribution >= 4 is 10.1 Å². The van der Waals surface area contributed by atoms with E-state index in [0.717, 1.165) is 37.2 Å². The Bertz CT molecular complexity index is 991. The first-order valence-electron chi connectivity index (χ1n) is 8.81. The summed E-state index contributed by atoms with van der Waals surface area (Å²) < 4.78 is 74.2. The number of rotatable bonds is 4. The molecule has 0 aromatic heterocycles. The van der Waals surface area contributed by atoms with Gasteiger partial charge in [-0.25, -0.2) is 0 Å². The monoisotopic (exact) mass is 413 g/mol. The van der Waals surface area contributed by atoms with Crippen LogP contribution in [0.1, 0.15) is 29.0 Å². The lowest BCUT2D eigenvalue weighted by molar-refractivity contribution is -0.137. The average molecular weight is 413 g/mol. The number of piperidine rings is 1. The van der Waals surface area contributed by atoms with Crippen LogP contribution in [0.4, 0.5) is 13.2 Å². The second-order valence-corrected chi connectivity index (χ2v) is 8.51. The van der Waals surface area contributed by atoms with E-state index in [1.165, 1.54) is 18.2 Å². The Kier molecular flexibility index (Phi) is 4.75. The molecule has 1 N–H and O–H groups in total. The van der Waals surface area contributed by atoms with Crippen LogP contribution < -0.4 is 14.2 Å². The fourth-order valence-corrected chi connectivity index (χ4v) is 4.71. The van der Waals surface area contributed by atoms with Crippen LogP contribution in [0.25, 0.3) is 0 Å². The second-order valence-electron chi connectivity index (χ2n) is 6.94. The summed E-state index contributed by atoms with van der Waals surface area (Å²) in [6.07, 6.45) is -3.65. The van der Waals surface area contributed by atoms with E-state index in [4.69, 9.17) is 8.92 Å². The SMILES string of the molecule is O=S(=O)(Cc1cccc(C(F)(F)F)c1)Oc1ccc2c(c1)C1CCNCC1O2. The maximum absolute atomic E-state index is 12.8. The lowest BCUT2D eigenvalue weighted by atomic mass is 9.90. The fraction of sp³-hybridized carbons (Fsp3) is 0.368. The first-order valence-corrected chi connectivity index (χ1v) is 10.4. The molecule has 9 heteroatoms. The first kappa shape index (κ1) is 19.1. The number of fused-ring (bicyclic) bond motifs is 3. The van der Waals surface area contributed by atoms with E-state index in [-0.39, 0.29) is 23.3 Å². The summed E-state index contributed by atoms with van der Waals surface area (Å²) in [6, 6.07) is 9.03. The van der Waals surface area contributed by atoms with Gasteiger partial charge in [0.1, 0.15) is 23.4 Å². The Balaban J connectivity index is 1.52. The minimum absolute atomic E-state index is 0.0118. The molecule has 1 fully saturated rings. The van der Waals surface area contributed by atoms with Crippen LogP contribution in [0.15, 0.2) is 42.5 Å². The summed E-state index contributed by atoms with van der Waals surface area (Å²) in [5.74, 6) is 0.362. The van der Waals surface area contributed by atoms with Gasteiger partial charge < -0.3 is 14.2 Å². The van der Waals surface area contributed by atoms with Crippen molar-refractivity contribution in [2.45, 2.75) is 30.4 Å². The van der Waals surface area contributed by atoms with Crippen molar-refractivity contribution in [2.24, 2.45) is 0 Å². The normalized spacial score (nSPS) is 21.5. The average Bonchev–Trinajstić information content (AvgIpc) is 2.98. The van der Waals surface area contributed by atoms with E-state index in [2.05, 4.69) is 5.32 Å². The van der Waals surface area contributed by atoms with Crippen molar-refractivity contribution in [3.8, 4) is 11.5 Å². The Morgan fingerprint density at radius 3 is 2.79 bits per heavy atom. The Labute approximate surface area is 160 Å².